The van der Waals surface area contributed by atoms with Gasteiger partial charge in [-0.15, -0.1) is 24.0 Å². The first-order chi connectivity index (χ1) is 10.6. The summed E-state index contributed by atoms with van der Waals surface area (Å²) in [4.78, 5) is 8.83. The summed E-state index contributed by atoms with van der Waals surface area (Å²) in [6.07, 6.45) is 1.92. The minimum Gasteiger partial charge on any atom is -0.370 e. The highest BCUT2D eigenvalue weighted by atomic mass is 127. The molecule has 1 heterocycles. The van der Waals surface area contributed by atoms with Crippen LogP contribution in [0.3, 0.4) is 0 Å². The molecule has 0 amide bonds. The van der Waals surface area contributed by atoms with Crippen LogP contribution in [0.15, 0.2) is 41.4 Å². The predicted molar refractivity (Wildman–Crippen MR) is 109 cm³/mol. The van der Waals surface area contributed by atoms with Gasteiger partial charge in [-0.3, -0.25) is 4.98 Å². The maximum atomic E-state index is 6.05. The van der Waals surface area contributed by atoms with Crippen molar-refractivity contribution >= 4 is 35.6 Å². The van der Waals surface area contributed by atoms with Gasteiger partial charge in [-0.05, 0) is 43.0 Å². The number of benzene rings is 1. The molecule has 124 valence electrons. The highest BCUT2D eigenvalue weighted by Crippen LogP contribution is 2.22. The Morgan fingerprint density at radius 2 is 1.70 bits per heavy atom. The van der Waals surface area contributed by atoms with E-state index in [2.05, 4.69) is 47.3 Å². The number of aryl methyl sites for hydroxylation is 3. The number of rotatable bonds is 5. The van der Waals surface area contributed by atoms with Gasteiger partial charge in [0.15, 0.2) is 5.96 Å². The lowest BCUT2D eigenvalue weighted by atomic mass is 10.0. The van der Waals surface area contributed by atoms with Crippen LogP contribution in [-0.4, -0.2) is 10.9 Å². The van der Waals surface area contributed by atoms with Crippen LogP contribution in [0.25, 0.3) is 0 Å². The fraction of sp³-hybridized carbons (Fsp3) is 0.333. The Hall–Kier alpha value is -1.63. The van der Waals surface area contributed by atoms with E-state index < -0.39 is 0 Å². The van der Waals surface area contributed by atoms with E-state index in [1.165, 1.54) is 11.1 Å². The Balaban J connectivity index is 0.00000264. The second kappa shape index (κ2) is 9.50. The summed E-state index contributed by atoms with van der Waals surface area (Å²) in [5.41, 5.74) is 11.6. The molecule has 0 aliphatic rings. The first kappa shape index (κ1) is 19.4. The third kappa shape index (κ3) is 5.49. The average Bonchev–Trinajstić information content (AvgIpc) is 2.53. The van der Waals surface area contributed by atoms with Crippen LogP contribution in [-0.2, 0) is 19.4 Å². The van der Waals surface area contributed by atoms with E-state index in [1.807, 2.05) is 25.1 Å². The Morgan fingerprint density at radius 3 is 2.26 bits per heavy atom. The second-order valence-electron chi connectivity index (χ2n) is 5.26. The quantitative estimate of drug-likeness (QED) is 0.432. The van der Waals surface area contributed by atoms with Gasteiger partial charge in [-0.25, -0.2) is 4.99 Å². The van der Waals surface area contributed by atoms with Crippen molar-refractivity contribution in [2.45, 2.75) is 40.2 Å². The number of nitrogens with zero attached hydrogens (tertiary/aromatic N) is 2. The number of hydrogen-bond donors (Lipinski definition) is 2. The van der Waals surface area contributed by atoms with Crippen molar-refractivity contribution in [1.82, 2.24) is 4.98 Å². The molecule has 0 radical (unpaired) electrons. The summed E-state index contributed by atoms with van der Waals surface area (Å²) in [5, 5.41) is 3.27. The molecule has 3 N–H and O–H groups in total. The number of aliphatic imine (C=N–C) groups is 1. The van der Waals surface area contributed by atoms with E-state index in [0.29, 0.717) is 12.5 Å². The first-order valence-corrected chi connectivity index (χ1v) is 7.74. The molecule has 0 fully saturated rings. The first-order valence-electron chi connectivity index (χ1n) is 7.74. The smallest absolute Gasteiger partial charge is 0.193 e. The number of aromatic nitrogens is 1. The van der Waals surface area contributed by atoms with Gasteiger partial charge in [0.05, 0.1) is 12.2 Å². The number of nitrogens with two attached hydrogens (primary N) is 1. The zero-order valence-corrected chi connectivity index (χ0v) is 16.3. The van der Waals surface area contributed by atoms with E-state index in [-0.39, 0.29) is 24.0 Å². The molecule has 1 aromatic carbocycles. The van der Waals surface area contributed by atoms with Gasteiger partial charge in [-0.2, -0.15) is 0 Å². The lowest BCUT2D eigenvalue weighted by Gasteiger charge is -2.14. The predicted octanol–water partition coefficient (Wildman–Crippen LogP) is 4.06. The fourth-order valence-corrected chi connectivity index (χ4v) is 2.42. The molecule has 23 heavy (non-hydrogen) atoms. The van der Waals surface area contributed by atoms with Gasteiger partial charge in [0.1, 0.15) is 0 Å². The minimum absolute atomic E-state index is 0. The molecule has 0 saturated heterocycles. The molecule has 0 unspecified atom stereocenters. The number of pyridine rings is 1. The molecule has 0 bridgehead atoms. The molecule has 0 aliphatic carbocycles. The lowest BCUT2D eigenvalue weighted by molar-refractivity contribution is 0.964. The molecule has 0 aliphatic heterocycles. The zero-order valence-electron chi connectivity index (χ0n) is 14.0. The molecule has 4 nitrogen and oxygen atoms in total. The van der Waals surface area contributed by atoms with Crippen LogP contribution < -0.4 is 11.1 Å². The fourth-order valence-electron chi connectivity index (χ4n) is 2.42. The van der Waals surface area contributed by atoms with E-state index in [1.54, 1.807) is 0 Å². The third-order valence-corrected chi connectivity index (χ3v) is 3.61. The summed E-state index contributed by atoms with van der Waals surface area (Å²) in [6.45, 7) is 6.74. The Kier molecular flexibility index (Phi) is 8.02. The van der Waals surface area contributed by atoms with Gasteiger partial charge >= 0.3 is 0 Å². The number of guanidine groups is 1. The van der Waals surface area contributed by atoms with Crippen molar-refractivity contribution in [3.8, 4) is 0 Å². The maximum absolute atomic E-state index is 6.05. The SMILES string of the molecule is CCc1cccc(CC)c1NC(N)=NCc1cccc(C)n1.I. The van der Waals surface area contributed by atoms with Crippen LogP contribution in [0, 0.1) is 6.92 Å². The highest BCUT2D eigenvalue weighted by Gasteiger charge is 2.07. The number of para-hydroxylation sites is 1. The van der Waals surface area contributed by atoms with E-state index in [0.717, 1.165) is 29.9 Å². The van der Waals surface area contributed by atoms with Crippen molar-refractivity contribution in [2.75, 3.05) is 5.32 Å². The van der Waals surface area contributed by atoms with E-state index >= 15 is 0 Å². The number of hydrogen-bond acceptors (Lipinski definition) is 2. The van der Waals surface area contributed by atoms with Gasteiger partial charge in [0, 0.05) is 11.4 Å². The van der Waals surface area contributed by atoms with Crippen molar-refractivity contribution < 1.29 is 0 Å². The molecule has 2 rings (SSSR count). The van der Waals surface area contributed by atoms with Crippen LogP contribution in [0.1, 0.15) is 36.4 Å². The lowest BCUT2D eigenvalue weighted by Crippen LogP contribution is -2.24. The van der Waals surface area contributed by atoms with Gasteiger partial charge in [0.25, 0.3) is 0 Å². The Labute approximate surface area is 155 Å². The monoisotopic (exact) mass is 424 g/mol. The Bertz CT molecular complexity index is 646. The van der Waals surface area contributed by atoms with Crippen LogP contribution in [0.4, 0.5) is 5.69 Å². The van der Waals surface area contributed by atoms with Crippen LogP contribution in [0.5, 0.6) is 0 Å². The van der Waals surface area contributed by atoms with E-state index in [9.17, 15) is 0 Å². The zero-order chi connectivity index (χ0) is 15.9. The molecule has 5 heteroatoms. The Morgan fingerprint density at radius 1 is 1.09 bits per heavy atom. The topological polar surface area (TPSA) is 63.3 Å². The van der Waals surface area contributed by atoms with E-state index in [4.69, 9.17) is 5.73 Å². The summed E-state index contributed by atoms with van der Waals surface area (Å²) in [7, 11) is 0. The molecular formula is C18H25IN4. The molecule has 0 spiro atoms. The van der Waals surface area contributed by atoms with Gasteiger partial charge in [0.2, 0.25) is 0 Å². The summed E-state index contributed by atoms with van der Waals surface area (Å²) in [6, 6.07) is 12.3. The number of anilines is 1. The van der Waals surface area contributed by atoms with Gasteiger partial charge in [-0.1, -0.05) is 38.1 Å². The van der Waals surface area contributed by atoms with Crippen molar-refractivity contribution in [3.63, 3.8) is 0 Å². The molecule has 0 atom stereocenters. The summed E-state index contributed by atoms with van der Waals surface area (Å²) >= 11 is 0. The highest BCUT2D eigenvalue weighted by molar-refractivity contribution is 14.0. The van der Waals surface area contributed by atoms with Crippen molar-refractivity contribution in [2.24, 2.45) is 10.7 Å². The molecule has 1 aromatic heterocycles. The standard InChI is InChI=1S/C18H24N4.HI/c1-4-14-9-7-10-15(5-2)17(14)22-18(19)20-12-16-11-6-8-13(3)21-16;/h6-11H,4-5,12H2,1-3H3,(H3,19,20,22);1H. The number of halogens is 1. The molecule has 0 saturated carbocycles. The number of nitrogens with one attached hydrogen (secondary N) is 1. The largest absolute Gasteiger partial charge is 0.370 e. The second-order valence-corrected chi connectivity index (χ2v) is 5.26. The summed E-state index contributed by atoms with van der Waals surface area (Å²) in [5.74, 6) is 0.430. The average molecular weight is 424 g/mol. The van der Waals surface area contributed by atoms with Crippen LogP contribution in [0.2, 0.25) is 0 Å². The third-order valence-electron chi connectivity index (χ3n) is 3.61. The molecule has 2 aromatic rings. The van der Waals surface area contributed by atoms with Gasteiger partial charge < -0.3 is 11.1 Å². The van der Waals surface area contributed by atoms with Crippen molar-refractivity contribution in [1.29, 1.82) is 0 Å². The maximum Gasteiger partial charge on any atom is 0.193 e. The normalized spacial score (nSPS) is 11.0. The van der Waals surface area contributed by atoms with Crippen LogP contribution >= 0.6 is 24.0 Å². The summed E-state index contributed by atoms with van der Waals surface area (Å²) < 4.78 is 0. The minimum atomic E-state index is 0. The molecular weight excluding hydrogens is 399 g/mol. The van der Waals surface area contributed by atoms with Crippen molar-refractivity contribution in [3.05, 3.63) is 58.9 Å².